The number of hydrogen-bond acceptors (Lipinski definition) is 0. The average Bonchev–Trinajstić information content (AvgIpc) is 2.33. The standard InChI is InChI=1S/C14H17BrF2/c1-14(7-3-2-4-8-14)13(15)10-5-6-11(16)12(17)9-10/h5-6,9,13H,2-4,7-8H2,1H3. The highest BCUT2D eigenvalue weighted by atomic mass is 79.9. The van der Waals surface area contributed by atoms with E-state index < -0.39 is 11.6 Å². The molecule has 94 valence electrons. The minimum absolute atomic E-state index is 0.102. The number of hydrogen-bond donors (Lipinski definition) is 0. The highest BCUT2D eigenvalue weighted by Crippen LogP contribution is 2.50. The summed E-state index contributed by atoms with van der Waals surface area (Å²) in [5, 5.41) is 0. The third-order valence-corrected chi connectivity index (χ3v) is 5.48. The molecule has 1 aliphatic carbocycles. The van der Waals surface area contributed by atoms with Crippen LogP contribution >= 0.6 is 15.9 Å². The molecule has 0 heterocycles. The van der Waals surface area contributed by atoms with E-state index >= 15 is 0 Å². The summed E-state index contributed by atoms with van der Waals surface area (Å²) in [5.41, 5.74) is 0.996. The summed E-state index contributed by atoms with van der Waals surface area (Å²) in [6.07, 6.45) is 6.02. The first-order valence-corrected chi connectivity index (χ1v) is 7.03. The highest BCUT2D eigenvalue weighted by molar-refractivity contribution is 9.09. The maximum atomic E-state index is 13.2. The molecule has 1 aliphatic rings. The van der Waals surface area contributed by atoms with Crippen molar-refractivity contribution in [3.8, 4) is 0 Å². The van der Waals surface area contributed by atoms with Crippen LogP contribution < -0.4 is 0 Å². The van der Waals surface area contributed by atoms with E-state index in [1.165, 1.54) is 31.4 Å². The normalized spacial score (nSPS) is 21.2. The second-order valence-electron chi connectivity index (χ2n) is 5.25. The zero-order chi connectivity index (χ0) is 12.5. The van der Waals surface area contributed by atoms with Crippen molar-refractivity contribution in [2.45, 2.75) is 43.9 Å². The van der Waals surface area contributed by atoms with Crippen molar-refractivity contribution in [3.63, 3.8) is 0 Å². The average molecular weight is 303 g/mol. The SMILES string of the molecule is CC1(C(Br)c2ccc(F)c(F)c2)CCCCC1. The quantitative estimate of drug-likeness (QED) is 0.644. The van der Waals surface area contributed by atoms with Crippen LogP contribution in [0.4, 0.5) is 8.78 Å². The Balaban J connectivity index is 2.23. The Bertz CT molecular complexity index is 397. The zero-order valence-electron chi connectivity index (χ0n) is 9.98. The Labute approximate surface area is 110 Å². The summed E-state index contributed by atoms with van der Waals surface area (Å²) >= 11 is 3.67. The van der Waals surface area contributed by atoms with Crippen molar-refractivity contribution in [1.29, 1.82) is 0 Å². The van der Waals surface area contributed by atoms with E-state index in [9.17, 15) is 8.78 Å². The molecule has 0 radical (unpaired) electrons. The summed E-state index contributed by atoms with van der Waals surface area (Å²) in [7, 11) is 0. The Hall–Kier alpha value is -0.440. The Morgan fingerprint density at radius 2 is 1.76 bits per heavy atom. The highest BCUT2D eigenvalue weighted by Gasteiger charge is 2.35. The fraction of sp³-hybridized carbons (Fsp3) is 0.571. The van der Waals surface area contributed by atoms with Gasteiger partial charge in [0, 0.05) is 4.83 Å². The number of alkyl halides is 1. The molecule has 2 rings (SSSR count). The molecule has 0 aliphatic heterocycles. The predicted molar refractivity (Wildman–Crippen MR) is 69.2 cm³/mol. The van der Waals surface area contributed by atoms with E-state index in [0.717, 1.165) is 18.4 Å². The molecule has 1 aromatic rings. The Kier molecular flexibility index (Phi) is 3.86. The van der Waals surface area contributed by atoms with Crippen LogP contribution in [0, 0.1) is 17.0 Å². The van der Waals surface area contributed by atoms with Gasteiger partial charge in [0.25, 0.3) is 0 Å². The number of benzene rings is 1. The van der Waals surface area contributed by atoms with Crippen molar-refractivity contribution in [1.82, 2.24) is 0 Å². The van der Waals surface area contributed by atoms with Gasteiger partial charge < -0.3 is 0 Å². The van der Waals surface area contributed by atoms with Crippen LogP contribution in [-0.2, 0) is 0 Å². The van der Waals surface area contributed by atoms with E-state index in [2.05, 4.69) is 22.9 Å². The van der Waals surface area contributed by atoms with Gasteiger partial charge in [-0.05, 0) is 36.0 Å². The minimum Gasteiger partial charge on any atom is -0.204 e. The van der Waals surface area contributed by atoms with E-state index in [1.807, 2.05) is 0 Å². The smallest absolute Gasteiger partial charge is 0.159 e. The van der Waals surface area contributed by atoms with E-state index in [0.29, 0.717) is 0 Å². The van der Waals surface area contributed by atoms with Gasteiger partial charge in [0.1, 0.15) is 0 Å². The van der Waals surface area contributed by atoms with E-state index in [4.69, 9.17) is 0 Å². The minimum atomic E-state index is -0.776. The molecule has 0 spiro atoms. The van der Waals surface area contributed by atoms with Crippen LogP contribution in [0.1, 0.15) is 49.4 Å². The molecule has 0 nitrogen and oxygen atoms in total. The second kappa shape index (κ2) is 5.05. The van der Waals surface area contributed by atoms with E-state index in [-0.39, 0.29) is 10.2 Å². The van der Waals surface area contributed by atoms with Crippen molar-refractivity contribution >= 4 is 15.9 Å². The first-order valence-electron chi connectivity index (χ1n) is 6.12. The summed E-state index contributed by atoms with van der Waals surface area (Å²) in [4.78, 5) is 0.102. The maximum absolute atomic E-state index is 13.2. The van der Waals surface area contributed by atoms with Gasteiger partial charge in [0.15, 0.2) is 11.6 Å². The third kappa shape index (κ3) is 2.70. The molecule has 1 unspecified atom stereocenters. The molecule has 3 heteroatoms. The fourth-order valence-corrected chi connectivity index (χ4v) is 3.43. The molecular formula is C14H17BrF2. The summed E-state index contributed by atoms with van der Waals surface area (Å²) in [5.74, 6) is -1.53. The summed E-state index contributed by atoms with van der Waals surface area (Å²) in [6, 6.07) is 4.21. The molecule has 1 aromatic carbocycles. The van der Waals surface area contributed by atoms with Gasteiger partial charge in [-0.3, -0.25) is 0 Å². The van der Waals surface area contributed by atoms with Crippen LogP contribution in [0.5, 0.6) is 0 Å². The lowest BCUT2D eigenvalue weighted by atomic mass is 9.72. The maximum Gasteiger partial charge on any atom is 0.159 e. The monoisotopic (exact) mass is 302 g/mol. The van der Waals surface area contributed by atoms with Gasteiger partial charge in [-0.15, -0.1) is 0 Å². The van der Waals surface area contributed by atoms with Crippen LogP contribution in [0.15, 0.2) is 18.2 Å². The van der Waals surface area contributed by atoms with Crippen molar-refractivity contribution in [3.05, 3.63) is 35.4 Å². The number of rotatable bonds is 2. The molecule has 17 heavy (non-hydrogen) atoms. The van der Waals surface area contributed by atoms with Crippen LogP contribution in [0.25, 0.3) is 0 Å². The molecule has 0 aromatic heterocycles. The van der Waals surface area contributed by atoms with Crippen LogP contribution in [-0.4, -0.2) is 0 Å². The molecule has 1 atom stereocenters. The van der Waals surface area contributed by atoms with Crippen LogP contribution in [0.3, 0.4) is 0 Å². The first kappa shape index (κ1) is 13.0. The first-order chi connectivity index (χ1) is 8.03. The van der Waals surface area contributed by atoms with Crippen LogP contribution in [0.2, 0.25) is 0 Å². The van der Waals surface area contributed by atoms with Gasteiger partial charge >= 0.3 is 0 Å². The van der Waals surface area contributed by atoms with Crippen molar-refractivity contribution in [2.75, 3.05) is 0 Å². The lowest BCUT2D eigenvalue weighted by Crippen LogP contribution is -2.25. The molecule has 0 amide bonds. The number of halogens is 3. The molecule has 0 saturated heterocycles. The largest absolute Gasteiger partial charge is 0.204 e. The Morgan fingerprint density at radius 3 is 2.35 bits per heavy atom. The predicted octanol–water partition coefficient (Wildman–Crippen LogP) is 5.37. The lowest BCUT2D eigenvalue weighted by molar-refractivity contribution is 0.212. The van der Waals surface area contributed by atoms with Gasteiger partial charge in [0.05, 0.1) is 0 Å². The lowest BCUT2D eigenvalue weighted by Gasteiger charge is -2.38. The van der Waals surface area contributed by atoms with Gasteiger partial charge in [0.2, 0.25) is 0 Å². The van der Waals surface area contributed by atoms with Crippen molar-refractivity contribution < 1.29 is 8.78 Å². The zero-order valence-corrected chi connectivity index (χ0v) is 11.6. The molecular weight excluding hydrogens is 286 g/mol. The molecule has 0 N–H and O–H groups in total. The molecule has 0 bridgehead atoms. The summed E-state index contributed by atoms with van der Waals surface area (Å²) < 4.78 is 26.1. The second-order valence-corrected chi connectivity index (χ2v) is 6.17. The van der Waals surface area contributed by atoms with Gasteiger partial charge in [-0.2, -0.15) is 0 Å². The molecule has 1 saturated carbocycles. The van der Waals surface area contributed by atoms with Gasteiger partial charge in [-0.25, -0.2) is 8.78 Å². The van der Waals surface area contributed by atoms with E-state index in [1.54, 1.807) is 6.07 Å². The fourth-order valence-electron chi connectivity index (χ4n) is 2.69. The third-order valence-electron chi connectivity index (χ3n) is 3.84. The van der Waals surface area contributed by atoms with Gasteiger partial charge in [-0.1, -0.05) is 48.2 Å². The topological polar surface area (TPSA) is 0 Å². The Morgan fingerprint density at radius 1 is 1.12 bits per heavy atom. The summed E-state index contributed by atoms with van der Waals surface area (Å²) in [6.45, 7) is 2.23. The molecule has 1 fully saturated rings. The van der Waals surface area contributed by atoms with Crippen molar-refractivity contribution in [2.24, 2.45) is 5.41 Å².